The van der Waals surface area contributed by atoms with Crippen LogP contribution in [0, 0.1) is 18.8 Å². The number of aromatic nitrogens is 1. The van der Waals surface area contributed by atoms with Gasteiger partial charge in [0.15, 0.2) is 5.96 Å². The minimum absolute atomic E-state index is 0.196. The Labute approximate surface area is 178 Å². The highest BCUT2D eigenvalue weighted by Gasteiger charge is 2.24. The first-order valence-electron chi connectivity index (χ1n) is 11.0. The van der Waals surface area contributed by atoms with Gasteiger partial charge >= 0.3 is 0 Å². The highest BCUT2D eigenvalue weighted by Crippen LogP contribution is 2.22. The lowest BCUT2D eigenvalue weighted by Gasteiger charge is -2.35. The van der Waals surface area contributed by atoms with Crippen LogP contribution in [-0.4, -0.2) is 65.9 Å². The second kappa shape index (κ2) is 10.9. The Morgan fingerprint density at radius 3 is 2.76 bits per heavy atom. The van der Waals surface area contributed by atoms with Crippen molar-refractivity contribution in [1.29, 1.82) is 0 Å². The summed E-state index contributed by atoms with van der Waals surface area (Å²) in [5.74, 6) is 1.80. The third-order valence-corrected chi connectivity index (χ3v) is 6.72. The van der Waals surface area contributed by atoms with E-state index >= 15 is 0 Å². The molecular formula is C21H36N6OS. The van der Waals surface area contributed by atoms with Crippen LogP contribution in [0.2, 0.25) is 0 Å². The van der Waals surface area contributed by atoms with Crippen LogP contribution in [0.4, 0.5) is 0 Å². The highest BCUT2D eigenvalue weighted by atomic mass is 32.1. The molecule has 2 fully saturated rings. The van der Waals surface area contributed by atoms with Crippen LogP contribution in [-0.2, 0) is 11.3 Å². The van der Waals surface area contributed by atoms with Crippen molar-refractivity contribution in [1.82, 2.24) is 20.1 Å². The molecule has 0 aliphatic carbocycles. The molecule has 1 unspecified atom stereocenters. The van der Waals surface area contributed by atoms with Gasteiger partial charge in [0.25, 0.3) is 0 Å². The second-order valence-corrected chi connectivity index (χ2v) is 9.46. The molecule has 1 amide bonds. The molecular weight excluding hydrogens is 384 g/mol. The lowest BCUT2D eigenvalue weighted by molar-refractivity contribution is -0.119. The second-order valence-electron chi connectivity index (χ2n) is 8.40. The maximum absolute atomic E-state index is 11.3. The Bertz CT molecular complexity index is 682. The van der Waals surface area contributed by atoms with Crippen molar-refractivity contribution in [2.45, 2.75) is 52.5 Å². The summed E-state index contributed by atoms with van der Waals surface area (Å²) in [6, 6.07) is 0. The number of primary amides is 1. The standard InChI is InChI=1S/C21H36N6OS/c1-3-23-21(27-8-4-5-18(13-27)11-20(22)28)24-12-17-6-9-26(10-7-17)14-19-15-29-16(2)25-19/h15,17-18H,3-14H2,1-2H3,(H2,22,28)(H,23,24). The van der Waals surface area contributed by atoms with Gasteiger partial charge in [0.05, 0.1) is 10.7 Å². The van der Waals surface area contributed by atoms with Gasteiger partial charge in [-0.15, -0.1) is 11.3 Å². The number of amides is 1. The molecule has 8 heteroatoms. The van der Waals surface area contributed by atoms with Gasteiger partial charge < -0.3 is 16.0 Å². The summed E-state index contributed by atoms with van der Waals surface area (Å²) in [5.41, 5.74) is 6.61. The molecule has 0 radical (unpaired) electrons. The highest BCUT2D eigenvalue weighted by molar-refractivity contribution is 7.09. The Hall–Kier alpha value is -1.67. The Kier molecular flexibility index (Phi) is 8.29. The van der Waals surface area contributed by atoms with Crippen molar-refractivity contribution < 1.29 is 4.79 Å². The van der Waals surface area contributed by atoms with E-state index in [1.165, 1.54) is 18.5 Å². The van der Waals surface area contributed by atoms with Crippen molar-refractivity contribution in [3.8, 4) is 0 Å². The van der Waals surface area contributed by atoms with Crippen molar-refractivity contribution >= 4 is 23.2 Å². The molecule has 0 saturated carbocycles. The lowest BCUT2D eigenvalue weighted by atomic mass is 9.94. The molecule has 0 aromatic carbocycles. The average Bonchev–Trinajstić information content (AvgIpc) is 3.10. The van der Waals surface area contributed by atoms with Gasteiger partial charge in [-0.3, -0.25) is 14.7 Å². The number of likely N-dealkylation sites (tertiary alicyclic amines) is 2. The molecule has 1 atom stereocenters. The van der Waals surface area contributed by atoms with E-state index in [0.29, 0.717) is 18.3 Å². The zero-order valence-corrected chi connectivity index (χ0v) is 18.7. The Balaban J connectivity index is 1.48. The van der Waals surface area contributed by atoms with Crippen LogP contribution in [0.3, 0.4) is 0 Å². The quantitative estimate of drug-likeness (QED) is 0.522. The number of rotatable bonds is 7. The average molecular weight is 421 g/mol. The molecule has 3 rings (SSSR count). The molecule has 1 aromatic heterocycles. The van der Waals surface area contributed by atoms with E-state index in [0.717, 1.165) is 69.6 Å². The number of nitrogens with one attached hydrogen (secondary N) is 1. The molecule has 3 heterocycles. The number of nitrogens with two attached hydrogens (primary N) is 1. The van der Waals surface area contributed by atoms with E-state index < -0.39 is 0 Å². The van der Waals surface area contributed by atoms with Gasteiger partial charge in [-0.05, 0) is 64.5 Å². The summed E-state index contributed by atoms with van der Waals surface area (Å²) in [6.07, 6.45) is 5.03. The summed E-state index contributed by atoms with van der Waals surface area (Å²) in [6.45, 7) is 11.0. The van der Waals surface area contributed by atoms with Gasteiger partial charge in [0.1, 0.15) is 0 Å². The van der Waals surface area contributed by atoms with E-state index in [1.807, 2.05) is 0 Å². The first-order valence-corrected chi connectivity index (χ1v) is 11.9. The predicted molar refractivity (Wildman–Crippen MR) is 119 cm³/mol. The summed E-state index contributed by atoms with van der Waals surface area (Å²) >= 11 is 1.73. The van der Waals surface area contributed by atoms with Crippen LogP contribution >= 0.6 is 11.3 Å². The number of hydrogen-bond acceptors (Lipinski definition) is 5. The number of carbonyl (C=O) groups is 1. The SMILES string of the molecule is CCNC(=NCC1CCN(Cc2csc(C)n2)CC1)N1CCCC(CC(N)=O)C1. The third-order valence-electron chi connectivity index (χ3n) is 5.90. The van der Waals surface area contributed by atoms with Crippen molar-refractivity contribution in [2.75, 3.05) is 39.3 Å². The summed E-state index contributed by atoms with van der Waals surface area (Å²) in [4.78, 5) is 25.7. The third kappa shape index (κ3) is 6.96. The summed E-state index contributed by atoms with van der Waals surface area (Å²) < 4.78 is 0. The first kappa shape index (κ1) is 22.0. The molecule has 162 valence electrons. The minimum atomic E-state index is -0.196. The molecule has 29 heavy (non-hydrogen) atoms. The molecule has 0 bridgehead atoms. The van der Waals surface area contributed by atoms with Crippen molar-refractivity contribution in [3.63, 3.8) is 0 Å². The van der Waals surface area contributed by atoms with Gasteiger partial charge in [-0.25, -0.2) is 4.98 Å². The lowest BCUT2D eigenvalue weighted by Crippen LogP contribution is -2.47. The fourth-order valence-corrected chi connectivity index (χ4v) is 4.99. The molecule has 2 saturated heterocycles. The van der Waals surface area contributed by atoms with Crippen LogP contribution in [0.15, 0.2) is 10.4 Å². The van der Waals surface area contributed by atoms with Gasteiger partial charge in [-0.2, -0.15) is 0 Å². The summed E-state index contributed by atoms with van der Waals surface area (Å²) in [5, 5.41) is 6.78. The first-order chi connectivity index (χ1) is 14.0. The van der Waals surface area contributed by atoms with Gasteiger partial charge in [0, 0.05) is 44.5 Å². The fraction of sp³-hybridized carbons (Fsp3) is 0.762. The maximum atomic E-state index is 11.3. The number of nitrogens with zero attached hydrogens (tertiary/aromatic N) is 4. The van der Waals surface area contributed by atoms with Crippen LogP contribution in [0.25, 0.3) is 0 Å². The van der Waals surface area contributed by atoms with E-state index in [-0.39, 0.29) is 5.91 Å². The molecule has 0 spiro atoms. The number of aliphatic imine (C=N–C) groups is 1. The number of carbonyl (C=O) groups excluding carboxylic acids is 1. The van der Waals surface area contributed by atoms with E-state index in [2.05, 4.69) is 39.3 Å². The van der Waals surface area contributed by atoms with E-state index in [9.17, 15) is 4.79 Å². The van der Waals surface area contributed by atoms with Gasteiger partial charge in [0.2, 0.25) is 5.91 Å². The van der Waals surface area contributed by atoms with Crippen molar-refractivity contribution in [3.05, 3.63) is 16.1 Å². The molecule has 2 aliphatic heterocycles. The predicted octanol–water partition coefficient (Wildman–Crippen LogP) is 2.22. The number of piperidine rings is 2. The number of guanidine groups is 1. The van der Waals surface area contributed by atoms with E-state index in [1.54, 1.807) is 11.3 Å². The topological polar surface area (TPSA) is 86.8 Å². The smallest absolute Gasteiger partial charge is 0.217 e. The van der Waals surface area contributed by atoms with E-state index in [4.69, 9.17) is 10.7 Å². The minimum Gasteiger partial charge on any atom is -0.370 e. The van der Waals surface area contributed by atoms with Crippen LogP contribution in [0.1, 0.15) is 49.7 Å². The molecule has 3 N–H and O–H groups in total. The molecule has 7 nitrogen and oxygen atoms in total. The normalized spacial score (nSPS) is 22.1. The van der Waals surface area contributed by atoms with Gasteiger partial charge in [-0.1, -0.05) is 0 Å². The fourth-order valence-electron chi connectivity index (χ4n) is 4.39. The molecule has 1 aromatic rings. The number of thiazole rings is 1. The largest absolute Gasteiger partial charge is 0.370 e. The number of hydrogen-bond donors (Lipinski definition) is 2. The van der Waals surface area contributed by atoms with Crippen molar-refractivity contribution in [2.24, 2.45) is 22.6 Å². The monoisotopic (exact) mass is 420 g/mol. The zero-order valence-electron chi connectivity index (χ0n) is 17.9. The summed E-state index contributed by atoms with van der Waals surface area (Å²) in [7, 11) is 0. The Morgan fingerprint density at radius 1 is 1.31 bits per heavy atom. The Morgan fingerprint density at radius 2 is 2.10 bits per heavy atom. The zero-order chi connectivity index (χ0) is 20.6. The van der Waals surface area contributed by atoms with Crippen LogP contribution in [0.5, 0.6) is 0 Å². The maximum Gasteiger partial charge on any atom is 0.217 e. The number of aryl methyl sites for hydroxylation is 1. The molecule has 2 aliphatic rings. The van der Waals surface area contributed by atoms with Crippen LogP contribution < -0.4 is 11.1 Å².